The van der Waals surface area contributed by atoms with Crippen LogP contribution in [0.5, 0.6) is 0 Å². The number of likely N-dealkylation sites (tertiary alicyclic amines) is 1. The van der Waals surface area contributed by atoms with Crippen LogP contribution in [-0.2, 0) is 4.79 Å². The highest BCUT2D eigenvalue weighted by molar-refractivity contribution is 5.81. The van der Waals surface area contributed by atoms with Crippen molar-refractivity contribution in [3.05, 3.63) is 0 Å². The molecule has 0 atom stereocenters. The lowest BCUT2D eigenvalue weighted by Gasteiger charge is -2.16. The Labute approximate surface area is 115 Å². The summed E-state index contributed by atoms with van der Waals surface area (Å²) in [5, 5.41) is 6.47. The Morgan fingerprint density at radius 3 is 2.63 bits per heavy atom. The van der Waals surface area contributed by atoms with Gasteiger partial charge in [0.15, 0.2) is 5.96 Å². The van der Waals surface area contributed by atoms with E-state index in [0.29, 0.717) is 13.0 Å². The Hall–Kier alpha value is -1.26. The van der Waals surface area contributed by atoms with Crippen LogP contribution in [0.3, 0.4) is 0 Å². The summed E-state index contributed by atoms with van der Waals surface area (Å²) in [6.45, 7) is 6.38. The van der Waals surface area contributed by atoms with Crippen molar-refractivity contribution in [2.75, 3.05) is 32.7 Å². The molecular weight excluding hydrogens is 240 g/mol. The fourth-order valence-corrected chi connectivity index (χ4v) is 2.28. The molecule has 2 rings (SSSR count). The lowest BCUT2D eigenvalue weighted by molar-refractivity contribution is -0.129. The molecule has 108 valence electrons. The molecule has 2 fully saturated rings. The first kappa shape index (κ1) is 14.2. The van der Waals surface area contributed by atoms with Gasteiger partial charge < -0.3 is 15.5 Å². The molecule has 0 aromatic heterocycles. The first-order valence-electron chi connectivity index (χ1n) is 7.59. The third-order valence-corrected chi connectivity index (χ3v) is 3.64. The molecule has 1 saturated carbocycles. The predicted octanol–water partition coefficient (Wildman–Crippen LogP) is 0.964. The quantitative estimate of drug-likeness (QED) is 0.556. The molecule has 5 nitrogen and oxygen atoms in total. The van der Waals surface area contributed by atoms with Crippen molar-refractivity contribution in [1.29, 1.82) is 0 Å². The highest BCUT2D eigenvalue weighted by atomic mass is 16.2. The maximum absolute atomic E-state index is 11.9. The predicted molar refractivity (Wildman–Crippen MR) is 77.1 cm³/mol. The fraction of sp³-hybridized carbons (Fsp3) is 0.857. The van der Waals surface area contributed by atoms with Crippen molar-refractivity contribution >= 4 is 11.9 Å². The van der Waals surface area contributed by atoms with E-state index in [1.54, 1.807) is 0 Å². The van der Waals surface area contributed by atoms with Crippen LogP contribution in [0.15, 0.2) is 4.99 Å². The second kappa shape index (κ2) is 7.36. The van der Waals surface area contributed by atoms with E-state index in [0.717, 1.165) is 50.9 Å². The van der Waals surface area contributed by atoms with Gasteiger partial charge >= 0.3 is 0 Å². The topological polar surface area (TPSA) is 56.7 Å². The summed E-state index contributed by atoms with van der Waals surface area (Å²) in [6, 6.07) is 0. The fourth-order valence-electron chi connectivity index (χ4n) is 2.28. The van der Waals surface area contributed by atoms with Crippen LogP contribution in [0.1, 0.15) is 39.0 Å². The number of hydrogen-bond donors (Lipinski definition) is 2. The molecule has 5 heteroatoms. The first-order chi connectivity index (χ1) is 9.29. The SMILES string of the molecule is CCNC(=NCC1CC1)NCCC(=O)N1CCCC1. The molecule has 1 saturated heterocycles. The minimum absolute atomic E-state index is 0.267. The number of nitrogens with zero attached hydrogens (tertiary/aromatic N) is 2. The Kier molecular flexibility index (Phi) is 5.48. The molecule has 2 N–H and O–H groups in total. The second-order valence-corrected chi connectivity index (χ2v) is 5.43. The molecule has 19 heavy (non-hydrogen) atoms. The summed E-state index contributed by atoms with van der Waals surface area (Å²) in [4.78, 5) is 18.4. The monoisotopic (exact) mass is 266 g/mol. The van der Waals surface area contributed by atoms with Crippen molar-refractivity contribution < 1.29 is 4.79 Å². The molecule has 0 aromatic rings. The zero-order valence-electron chi connectivity index (χ0n) is 12.0. The number of rotatable bonds is 6. The molecular formula is C14H26N4O. The molecule has 1 heterocycles. The number of amides is 1. The lowest BCUT2D eigenvalue weighted by atomic mass is 10.3. The van der Waals surface area contributed by atoms with E-state index in [-0.39, 0.29) is 5.91 Å². The van der Waals surface area contributed by atoms with E-state index in [9.17, 15) is 4.79 Å². The molecule has 0 spiro atoms. The van der Waals surface area contributed by atoms with Gasteiger partial charge in [0.25, 0.3) is 0 Å². The number of guanidine groups is 1. The average Bonchev–Trinajstić information content (AvgIpc) is 3.07. The average molecular weight is 266 g/mol. The Bertz CT molecular complexity index is 319. The summed E-state index contributed by atoms with van der Waals surface area (Å²) < 4.78 is 0. The van der Waals surface area contributed by atoms with Crippen molar-refractivity contribution in [2.45, 2.75) is 39.0 Å². The zero-order valence-corrected chi connectivity index (χ0v) is 12.0. The number of nitrogens with one attached hydrogen (secondary N) is 2. The van der Waals surface area contributed by atoms with Crippen LogP contribution in [0.4, 0.5) is 0 Å². The summed E-state index contributed by atoms with van der Waals surface area (Å²) in [5.74, 6) is 1.91. The van der Waals surface area contributed by atoms with E-state index in [2.05, 4.69) is 22.5 Å². The van der Waals surface area contributed by atoms with Crippen LogP contribution in [0.2, 0.25) is 0 Å². The maximum Gasteiger partial charge on any atom is 0.224 e. The van der Waals surface area contributed by atoms with Gasteiger partial charge in [-0.15, -0.1) is 0 Å². The molecule has 1 amide bonds. The summed E-state index contributed by atoms with van der Waals surface area (Å²) in [6.07, 6.45) is 5.51. The van der Waals surface area contributed by atoms with E-state index in [4.69, 9.17) is 0 Å². The second-order valence-electron chi connectivity index (χ2n) is 5.43. The van der Waals surface area contributed by atoms with Crippen LogP contribution >= 0.6 is 0 Å². The first-order valence-corrected chi connectivity index (χ1v) is 7.59. The molecule has 1 aliphatic heterocycles. The molecule has 2 aliphatic rings. The Morgan fingerprint density at radius 1 is 1.26 bits per heavy atom. The van der Waals surface area contributed by atoms with Crippen LogP contribution in [-0.4, -0.2) is 49.5 Å². The number of carbonyl (C=O) groups is 1. The molecule has 0 radical (unpaired) electrons. The van der Waals surface area contributed by atoms with E-state index >= 15 is 0 Å². The van der Waals surface area contributed by atoms with Gasteiger partial charge in [-0.05, 0) is 38.5 Å². The van der Waals surface area contributed by atoms with Gasteiger partial charge in [-0.25, -0.2) is 0 Å². The summed E-state index contributed by atoms with van der Waals surface area (Å²) in [7, 11) is 0. The summed E-state index contributed by atoms with van der Waals surface area (Å²) >= 11 is 0. The smallest absolute Gasteiger partial charge is 0.224 e. The highest BCUT2D eigenvalue weighted by Crippen LogP contribution is 2.28. The Balaban J connectivity index is 1.65. The van der Waals surface area contributed by atoms with Crippen LogP contribution in [0.25, 0.3) is 0 Å². The van der Waals surface area contributed by atoms with Crippen molar-refractivity contribution in [1.82, 2.24) is 15.5 Å². The maximum atomic E-state index is 11.9. The normalized spacial score (nSPS) is 19.6. The van der Waals surface area contributed by atoms with E-state index in [1.165, 1.54) is 12.8 Å². The third-order valence-electron chi connectivity index (χ3n) is 3.64. The van der Waals surface area contributed by atoms with Gasteiger partial charge in [0.05, 0.1) is 0 Å². The molecule has 0 aromatic carbocycles. The number of hydrogen-bond acceptors (Lipinski definition) is 2. The highest BCUT2D eigenvalue weighted by Gasteiger charge is 2.21. The van der Waals surface area contributed by atoms with Gasteiger partial charge in [-0.2, -0.15) is 0 Å². The van der Waals surface area contributed by atoms with Crippen molar-refractivity contribution in [3.8, 4) is 0 Å². The standard InChI is InChI=1S/C14H26N4O/c1-2-15-14(17-11-12-5-6-12)16-8-7-13(19)18-9-3-4-10-18/h12H,2-11H2,1H3,(H2,15,16,17). The Morgan fingerprint density at radius 2 is 2.00 bits per heavy atom. The van der Waals surface area contributed by atoms with Gasteiger partial charge in [0, 0.05) is 39.1 Å². The minimum atomic E-state index is 0.267. The van der Waals surface area contributed by atoms with Gasteiger partial charge in [-0.3, -0.25) is 9.79 Å². The van der Waals surface area contributed by atoms with Crippen molar-refractivity contribution in [3.63, 3.8) is 0 Å². The van der Waals surface area contributed by atoms with Crippen molar-refractivity contribution in [2.24, 2.45) is 10.9 Å². The molecule has 0 bridgehead atoms. The van der Waals surface area contributed by atoms with Gasteiger partial charge in [-0.1, -0.05) is 0 Å². The largest absolute Gasteiger partial charge is 0.357 e. The van der Waals surface area contributed by atoms with E-state index < -0.39 is 0 Å². The zero-order chi connectivity index (χ0) is 13.5. The lowest BCUT2D eigenvalue weighted by Crippen LogP contribution is -2.39. The third kappa shape index (κ3) is 5.09. The molecule has 0 unspecified atom stereocenters. The van der Waals surface area contributed by atoms with Crippen LogP contribution in [0, 0.1) is 5.92 Å². The van der Waals surface area contributed by atoms with Crippen LogP contribution < -0.4 is 10.6 Å². The number of carbonyl (C=O) groups excluding carboxylic acids is 1. The summed E-state index contributed by atoms with van der Waals surface area (Å²) in [5.41, 5.74) is 0. The van der Waals surface area contributed by atoms with E-state index in [1.807, 2.05) is 4.90 Å². The molecule has 1 aliphatic carbocycles. The van der Waals surface area contributed by atoms with Gasteiger partial charge in [0.2, 0.25) is 5.91 Å². The van der Waals surface area contributed by atoms with Gasteiger partial charge in [0.1, 0.15) is 0 Å². The minimum Gasteiger partial charge on any atom is -0.357 e. The number of aliphatic imine (C=N–C) groups is 1.